The van der Waals surface area contributed by atoms with E-state index < -0.39 is 0 Å². The molecule has 0 amide bonds. The quantitative estimate of drug-likeness (QED) is 0.698. The molecule has 1 aromatic rings. The molecular formula is C7H13ClN4. The Balaban J connectivity index is 0.000000720. The molecule has 0 spiro atoms. The molecule has 2 heterocycles. The summed E-state index contributed by atoms with van der Waals surface area (Å²) in [7, 11) is 0. The molecule has 68 valence electrons. The van der Waals surface area contributed by atoms with Crippen molar-refractivity contribution in [3.63, 3.8) is 0 Å². The second-order valence-electron chi connectivity index (χ2n) is 2.85. The van der Waals surface area contributed by atoms with Crippen LogP contribution in [0.15, 0.2) is 0 Å². The van der Waals surface area contributed by atoms with Gasteiger partial charge in [-0.15, -0.1) is 22.6 Å². The van der Waals surface area contributed by atoms with Crippen LogP contribution in [0.4, 0.5) is 0 Å². The van der Waals surface area contributed by atoms with E-state index in [0.29, 0.717) is 6.54 Å². The van der Waals surface area contributed by atoms with Gasteiger partial charge in [0.1, 0.15) is 11.6 Å². The van der Waals surface area contributed by atoms with Crippen LogP contribution < -0.4 is 5.73 Å². The van der Waals surface area contributed by atoms with Crippen molar-refractivity contribution in [1.82, 2.24) is 14.8 Å². The monoisotopic (exact) mass is 188 g/mol. The Hall–Kier alpha value is -0.610. The summed E-state index contributed by atoms with van der Waals surface area (Å²) >= 11 is 0. The van der Waals surface area contributed by atoms with Crippen molar-refractivity contribution < 1.29 is 0 Å². The van der Waals surface area contributed by atoms with Gasteiger partial charge in [0.05, 0.1) is 6.54 Å². The van der Waals surface area contributed by atoms with Gasteiger partial charge in [0.25, 0.3) is 0 Å². The summed E-state index contributed by atoms with van der Waals surface area (Å²) < 4.78 is 2.14. The van der Waals surface area contributed by atoms with Gasteiger partial charge in [0.15, 0.2) is 0 Å². The zero-order valence-electron chi connectivity index (χ0n) is 6.86. The maximum absolute atomic E-state index is 5.50. The lowest BCUT2D eigenvalue weighted by atomic mass is 10.2. The van der Waals surface area contributed by atoms with Gasteiger partial charge < -0.3 is 10.3 Å². The van der Waals surface area contributed by atoms with Gasteiger partial charge in [-0.25, -0.2) is 0 Å². The summed E-state index contributed by atoms with van der Waals surface area (Å²) in [6.07, 6.45) is 3.54. The van der Waals surface area contributed by atoms with E-state index in [-0.39, 0.29) is 12.4 Å². The number of aromatic nitrogens is 3. The van der Waals surface area contributed by atoms with Crippen LogP contribution in [-0.4, -0.2) is 14.8 Å². The summed E-state index contributed by atoms with van der Waals surface area (Å²) in [5, 5.41) is 8.06. The molecule has 0 saturated carbocycles. The first kappa shape index (κ1) is 9.48. The number of aryl methyl sites for hydroxylation is 1. The molecule has 12 heavy (non-hydrogen) atoms. The molecule has 2 N–H and O–H groups in total. The first-order valence-electron chi connectivity index (χ1n) is 4.03. The summed E-state index contributed by atoms with van der Waals surface area (Å²) in [6.45, 7) is 1.56. The average molecular weight is 189 g/mol. The van der Waals surface area contributed by atoms with Crippen LogP contribution in [0.3, 0.4) is 0 Å². The van der Waals surface area contributed by atoms with E-state index in [0.717, 1.165) is 24.6 Å². The second kappa shape index (κ2) is 3.87. The van der Waals surface area contributed by atoms with Crippen LogP contribution >= 0.6 is 12.4 Å². The molecule has 0 saturated heterocycles. The van der Waals surface area contributed by atoms with E-state index in [9.17, 15) is 0 Å². The Morgan fingerprint density at radius 1 is 1.33 bits per heavy atom. The van der Waals surface area contributed by atoms with Gasteiger partial charge in [0, 0.05) is 13.0 Å². The van der Waals surface area contributed by atoms with E-state index in [1.165, 1.54) is 12.8 Å². The van der Waals surface area contributed by atoms with E-state index in [1.54, 1.807) is 0 Å². The predicted octanol–water partition coefficient (Wildman–Crippen LogP) is 0.495. The number of fused-ring (bicyclic) bond motifs is 1. The molecule has 4 nitrogen and oxygen atoms in total. The van der Waals surface area contributed by atoms with Crippen molar-refractivity contribution in [1.29, 1.82) is 0 Å². The van der Waals surface area contributed by atoms with Crippen LogP contribution in [0.2, 0.25) is 0 Å². The van der Waals surface area contributed by atoms with Crippen molar-refractivity contribution in [3.05, 3.63) is 11.6 Å². The summed E-state index contributed by atoms with van der Waals surface area (Å²) in [6, 6.07) is 0. The highest BCUT2D eigenvalue weighted by Crippen LogP contribution is 2.13. The molecule has 0 radical (unpaired) electrons. The normalized spacial score (nSPS) is 15.1. The van der Waals surface area contributed by atoms with E-state index in [1.807, 2.05) is 0 Å². The lowest BCUT2D eigenvalue weighted by Crippen LogP contribution is -2.15. The molecule has 0 bridgehead atoms. The van der Waals surface area contributed by atoms with Gasteiger partial charge in [-0.1, -0.05) is 0 Å². The van der Waals surface area contributed by atoms with Gasteiger partial charge in [-0.2, -0.15) is 0 Å². The number of hydrogen-bond donors (Lipinski definition) is 1. The SMILES string of the molecule is Cl.NCc1nnc2n1CCCC2. The molecule has 1 aliphatic heterocycles. The number of rotatable bonds is 1. The Bertz CT molecular complexity index is 244. The Morgan fingerprint density at radius 2 is 2.17 bits per heavy atom. The largest absolute Gasteiger partial charge is 0.324 e. The van der Waals surface area contributed by atoms with E-state index in [2.05, 4.69) is 14.8 Å². The molecule has 2 rings (SSSR count). The molecule has 0 aliphatic carbocycles. The van der Waals surface area contributed by atoms with E-state index >= 15 is 0 Å². The van der Waals surface area contributed by atoms with Gasteiger partial charge in [0.2, 0.25) is 0 Å². The molecule has 0 fully saturated rings. The third-order valence-electron chi connectivity index (χ3n) is 2.12. The summed E-state index contributed by atoms with van der Waals surface area (Å²) in [4.78, 5) is 0. The van der Waals surface area contributed by atoms with Crippen LogP contribution in [0.1, 0.15) is 24.5 Å². The maximum atomic E-state index is 5.50. The Labute approximate surface area is 77.6 Å². The first-order valence-corrected chi connectivity index (χ1v) is 4.03. The highest BCUT2D eigenvalue weighted by atomic mass is 35.5. The third kappa shape index (κ3) is 1.44. The standard InChI is InChI=1S/C7H12N4.ClH/c8-5-7-10-9-6-3-1-2-4-11(6)7;/h1-5,8H2;1H. The highest BCUT2D eigenvalue weighted by molar-refractivity contribution is 5.85. The fourth-order valence-corrected chi connectivity index (χ4v) is 1.52. The second-order valence-corrected chi connectivity index (χ2v) is 2.85. The topological polar surface area (TPSA) is 56.7 Å². The third-order valence-corrected chi connectivity index (χ3v) is 2.12. The minimum absolute atomic E-state index is 0. The smallest absolute Gasteiger partial charge is 0.146 e. The molecule has 1 aromatic heterocycles. The number of hydrogen-bond acceptors (Lipinski definition) is 3. The lowest BCUT2D eigenvalue weighted by Gasteiger charge is -2.13. The summed E-state index contributed by atoms with van der Waals surface area (Å²) in [5.74, 6) is 2.04. The van der Waals surface area contributed by atoms with Crippen LogP contribution in [-0.2, 0) is 19.5 Å². The fraction of sp³-hybridized carbons (Fsp3) is 0.714. The Morgan fingerprint density at radius 3 is 2.92 bits per heavy atom. The van der Waals surface area contributed by atoms with Gasteiger partial charge >= 0.3 is 0 Å². The number of nitrogens with zero attached hydrogens (tertiary/aromatic N) is 3. The Kier molecular flexibility index (Phi) is 3.05. The van der Waals surface area contributed by atoms with E-state index in [4.69, 9.17) is 5.73 Å². The minimum Gasteiger partial charge on any atom is -0.324 e. The van der Waals surface area contributed by atoms with Crippen molar-refractivity contribution in [2.24, 2.45) is 5.73 Å². The predicted molar refractivity (Wildman–Crippen MR) is 48.1 cm³/mol. The first-order chi connectivity index (χ1) is 5.42. The van der Waals surface area contributed by atoms with Crippen LogP contribution in [0.5, 0.6) is 0 Å². The lowest BCUT2D eigenvalue weighted by molar-refractivity contribution is 0.508. The van der Waals surface area contributed by atoms with Gasteiger partial charge in [-0.05, 0) is 12.8 Å². The van der Waals surface area contributed by atoms with Crippen molar-refractivity contribution in [2.45, 2.75) is 32.4 Å². The van der Waals surface area contributed by atoms with Crippen LogP contribution in [0, 0.1) is 0 Å². The molecule has 0 atom stereocenters. The molecule has 5 heteroatoms. The zero-order chi connectivity index (χ0) is 7.68. The maximum Gasteiger partial charge on any atom is 0.146 e. The highest BCUT2D eigenvalue weighted by Gasteiger charge is 2.13. The minimum atomic E-state index is 0. The zero-order valence-corrected chi connectivity index (χ0v) is 7.68. The molecule has 0 aromatic carbocycles. The number of halogens is 1. The molecule has 1 aliphatic rings. The fourth-order valence-electron chi connectivity index (χ4n) is 1.52. The van der Waals surface area contributed by atoms with Gasteiger partial charge in [-0.3, -0.25) is 0 Å². The van der Waals surface area contributed by atoms with Crippen molar-refractivity contribution in [2.75, 3.05) is 0 Å². The molecular weight excluding hydrogens is 176 g/mol. The average Bonchev–Trinajstić information content (AvgIpc) is 2.47. The van der Waals surface area contributed by atoms with Crippen molar-refractivity contribution >= 4 is 12.4 Å². The number of nitrogens with two attached hydrogens (primary N) is 1. The van der Waals surface area contributed by atoms with Crippen molar-refractivity contribution in [3.8, 4) is 0 Å². The van der Waals surface area contributed by atoms with Crippen LogP contribution in [0.25, 0.3) is 0 Å². The summed E-state index contributed by atoms with van der Waals surface area (Å²) in [5.41, 5.74) is 5.50. The molecule has 0 unspecified atom stereocenters.